The van der Waals surface area contributed by atoms with Gasteiger partial charge in [0.25, 0.3) is 5.95 Å². The lowest BCUT2D eigenvalue weighted by atomic mass is 10.1. The molecule has 1 saturated heterocycles. The molecular weight excluding hydrogens is 476 g/mol. The third-order valence-corrected chi connectivity index (χ3v) is 5.42. The van der Waals surface area contributed by atoms with Crippen LogP contribution in [0, 0.1) is 0 Å². The molecule has 3 heterocycles. The Bertz CT molecular complexity index is 1310. The van der Waals surface area contributed by atoms with Gasteiger partial charge < -0.3 is 33.6 Å². The maximum Gasteiger partial charge on any atom is 0.423 e. The first-order chi connectivity index (χ1) is 16.6. The highest BCUT2D eigenvalue weighted by Gasteiger charge is 2.59. The van der Waals surface area contributed by atoms with Gasteiger partial charge in [0, 0.05) is 30.8 Å². The van der Waals surface area contributed by atoms with Gasteiger partial charge in [-0.15, -0.1) is 0 Å². The summed E-state index contributed by atoms with van der Waals surface area (Å²) in [5.74, 6) is -3.42. The number of halogens is 2. The number of ether oxygens (including phenoxy) is 4. The molecule has 1 aliphatic heterocycles. The molecule has 2 aromatic heterocycles. The fourth-order valence-electron chi connectivity index (χ4n) is 3.53. The summed E-state index contributed by atoms with van der Waals surface area (Å²) in [5, 5.41) is 19.3. The van der Waals surface area contributed by atoms with E-state index in [1.807, 2.05) is 0 Å². The molecule has 12 nitrogen and oxygen atoms in total. The van der Waals surface area contributed by atoms with E-state index in [0.717, 1.165) is 17.2 Å². The molecule has 0 spiro atoms. The van der Waals surface area contributed by atoms with Crippen molar-refractivity contribution in [1.82, 2.24) is 9.55 Å². The van der Waals surface area contributed by atoms with Gasteiger partial charge in [-0.25, -0.2) is 9.59 Å². The van der Waals surface area contributed by atoms with Crippen LogP contribution in [0.25, 0.3) is 11.0 Å². The lowest BCUT2D eigenvalue weighted by Crippen LogP contribution is -2.42. The number of aliphatic hydroxyl groups is 2. The summed E-state index contributed by atoms with van der Waals surface area (Å²) in [5.41, 5.74) is -0.876. The number of aromatic nitrogens is 2. The first-order valence-corrected chi connectivity index (χ1v) is 10.1. The molecule has 2 N–H and O–H groups in total. The summed E-state index contributed by atoms with van der Waals surface area (Å²) in [6.45, 7) is -0.872. The summed E-state index contributed by atoms with van der Waals surface area (Å²) in [6, 6.07) is 5.76. The number of methoxy groups -OCH3 is 2. The fraction of sp³-hybridized carbons (Fsp3) is 0.381. The highest BCUT2D eigenvalue weighted by Crippen LogP contribution is 2.42. The molecule has 14 heteroatoms. The second-order valence-electron chi connectivity index (χ2n) is 7.54. The number of rotatable bonds is 6. The molecule has 0 radical (unpaired) electrons. The average molecular weight is 497 g/mol. The predicted octanol–water partition coefficient (Wildman–Crippen LogP) is 1.53. The standard InChI is InChI=1S/C21H21F2N3O9/c1-25(20(30)35-15-7-10-6-11(31-2)8-12(32-3)16(10)34-15)14-4-5-26(19(29)24-14)18-21(22,23)17(28)13(9-27)33-18/h4-8,13,17-18,27-28H,9H2,1-3H3/t13-,17-,18-/m1/s1. The number of aliphatic hydroxyl groups excluding tert-OH is 2. The van der Waals surface area contributed by atoms with Crippen LogP contribution in [0.4, 0.5) is 19.4 Å². The number of anilines is 1. The van der Waals surface area contributed by atoms with Gasteiger partial charge in [0.2, 0.25) is 6.23 Å². The molecule has 3 atom stereocenters. The van der Waals surface area contributed by atoms with Gasteiger partial charge in [-0.3, -0.25) is 9.47 Å². The molecular formula is C21H21F2N3O9. The van der Waals surface area contributed by atoms with E-state index >= 15 is 0 Å². The Hall–Kier alpha value is -3.75. The van der Waals surface area contributed by atoms with Gasteiger partial charge in [0.1, 0.15) is 17.7 Å². The fourth-order valence-corrected chi connectivity index (χ4v) is 3.53. The third kappa shape index (κ3) is 4.26. The lowest BCUT2D eigenvalue weighted by molar-refractivity contribution is -0.140. The Morgan fingerprint density at radius 2 is 2.03 bits per heavy atom. The first kappa shape index (κ1) is 24.4. The van der Waals surface area contributed by atoms with Crippen molar-refractivity contribution >= 4 is 22.9 Å². The molecule has 35 heavy (non-hydrogen) atoms. The van der Waals surface area contributed by atoms with Crippen LogP contribution in [-0.2, 0) is 4.74 Å². The SMILES string of the molecule is COc1cc(OC)c2oc(OC(=O)N(C)c3ccn([C@@H]4O[C@H](CO)[C@@H](O)C4(F)F)c(=O)n3)cc2c1. The first-order valence-electron chi connectivity index (χ1n) is 10.1. The number of carbonyl (C=O) groups excluding carboxylic acids is 1. The van der Waals surface area contributed by atoms with Gasteiger partial charge in [-0.2, -0.15) is 13.8 Å². The van der Waals surface area contributed by atoms with Crippen molar-refractivity contribution in [2.75, 3.05) is 32.8 Å². The number of amides is 1. The van der Waals surface area contributed by atoms with Gasteiger partial charge in [0.05, 0.1) is 20.8 Å². The van der Waals surface area contributed by atoms with Crippen molar-refractivity contribution in [3.63, 3.8) is 0 Å². The van der Waals surface area contributed by atoms with Gasteiger partial charge in [0.15, 0.2) is 17.4 Å². The lowest BCUT2D eigenvalue weighted by Gasteiger charge is -2.22. The average Bonchev–Trinajstić information content (AvgIpc) is 3.34. The van der Waals surface area contributed by atoms with E-state index < -0.39 is 42.7 Å². The smallest absolute Gasteiger partial charge is 0.423 e. The number of hydrogen-bond donors (Lipinski definition) is 2. The number of fused-ring (bicyclic) bond motifs is 1. The predicted molar refractivity (Wildman–Crippen MR) is 114 cm³/mol. The number of alkyl halides is 2. The monoisotopic (exact) mass is 497 g/mol. The molecule has 0 unspecified atom stereocenters. The van der Waals surface area contributed by atoms with Crippen molar-refractivity contribution in [3.05, 3.63) is 40.9 Å². The number of nitrogens with zero attached hydrogens (tertiary/aromatic N) is 3. The van der Waals surface area contributed by atoms with Gasteiger partial charge in [-0.05, 0) is 12.1 Å². The zero-order valence-electron chi connectivity index (χ0n) is 18.7. The van der Waals surface area contributed by atoms with Crippen LogP contribution in [0.1, 0.15) is 6.23 Å². The van der Waals surface area contributed by atoms with Crippen LogP contribution in [0.5, 0.6) is 17.4 Å². The van der Waals surface area contributed by atoms with Crippen molar-refractivity contribution < 1.29 is 47.2 Å². The molecule has 1 aliphatic rings. The maximum atomic E-state index is 14.3. The highest BCUT2D eigenvalue weighted by atomic mass is 19.3. The molecule has 0 saturated carbocycles. The molecule has 0 bridgehead atoms. The van der Waals surface area contributed by atoms with E-state index in [1.54, 1.807) is 12.1 Å². The maximum absolute atomic E-state index is 14.3. The Labute approximate surface area is 195 Å². The van der Waals surface area contributed by atoms with Crippen LogP contribution < -0.4 is 24.8 Å². The summed E-state index contributed by atoms with van der Waals surface area (Å²) in [6.07, 6.45) is -6.15. The number of carbonyl (C=O) groups is 1. The normalized spacial score (nSPS) is 21.2. The topological polar surface area (TPSA) is 146 Å². The van der Waals surface area contributed by atoms with E-state index in [-0.39, 0.29) is 11.8 Å². The minimum atomic E-state index is -3.86. The van der Waals surface area contributed by atoms with Crippen LogP contribution in [0.2, 0.25) is 0 Å². The molecule has 1 aromatic carbocycles. The van der Waals surface area contributed by atoms with Crippen LogP contribution in [0.3, 0.4) is 0 Å². The van der Waals surface area contributed by atoms with Crippen molar-refractivity contribution in [1.29, 1.82) is 0 Å². The molecule has 4 rings (SSSR count). The molecule has 1 fully saturated rings. The summed E-state index contributed by atoms with van der Waals surface area (Å²) in [7, 11) is 4.15. The Balaban J connectivity index is 1.54. The van der Waals surface area contributed by atoms with Crippen LogP contribution in [-0.4, -0.2) is 71.9 Å². The van der Waals surface area contributed by atoms with Crippen molar-refractivity contribution in [2.45, 2.75) is 24.4 Å². The largest absolute Gasteiger partial charge is 0.497 e. The second-order valence-corrected chi connectivity index (χ2v) is 7.54. The van der Waals surface area contributed by atoms with Gasteiger partial charge >= 0.3 is 17.7 Å². The highest BCUT2D eigenvalue weighted by molar-refractivity contribution is 5.89. The van der Waals surface area contributed by atoms with E-state index in [1.165, 1.54) is 27.3 Å². The summed E-state index contributed by atoms with van der Waals surface area (Å²) < 4.78 is 55.2. The molecule has 1 amide bonds. The Morgan fingerprint density at radius 3 is 2.63 bits per heavy atom. The summed E-state index contributed by atoms with van der Waals surface area (Å²) >= 11 is 0. The van der Waals surface area contributed by atoms with Crippen LogP contribution in [0.15, 0.2) is 39.7 Å². The minimum absolute atomic E-state index is 0.181. The Kier molecular flexibility index (Phi) is 6.36. The van der Waals surface area contributed by atoms with Crippen molar-refractivity contribution in [2.24, 2.45) is 0 Å². The third-order valence-electron chi connectivity index (χ3n) is 5.42. The van der Waals surface area contributed by atoms with E-state index in [0.29, 0.717) is 27.0 Å². The molecule has 188 valence electrons. The number of furan rings is 1. The number of benzene rings is 1. The number of hydrogen-bond acceptors (Lipinski definition) is 10. The van der Waals surface area contributed by atoms with Gasteiger partial charge in [-0.1, -0.05) is 0 Å². The van der Waals surface area contributed by atoms with E-state index in [9.17, 15) is 23.5 Å². The van der Waals surface area contributed by atoms with E-state index in [2.05, 4.69) is 4.98 Å². The summed E-state index contributed by atoms with van der Waals surface area (Å²) in [4.78, 5) is 29.5. The zero-order chi connectivity index (χ0) is 25.5. The van der Waals surface area contributed by atoms with Crippen molar-refractivity contribution in [3.8, 4) is 17.4 Å². The Morgan fingerprint density at radius 1 is 1.29 bits per heavy atom. The molecule has 0 aliphatic carbocycles. The second kappa shape index (κ2) is 9.13. The van der Waals surface area contributed by atoms with E-state index in [4.69, 9.17) is 28.5 Å². The quantitative estimate of drug-likeness (QED) is 0.514. The van der Waals surface area contributed by atoms with Crippen LogP contribution >= 0.6 is 0 Å². The minimum Gasteiger partial charge on any atom is -0.497 e. The zero-order valence-corrected chi connectivity index (χ0v) is 18.7. The molecule has 3 aromatic rings.